The number of hydrogen-bond acceptors (Lipinski definition) is 2. The first-order chi connectivity index (χ1) is 8.15. The second-order valence-electron chi connectivity index (χ2n) is 5.91. The summed E-state index contributed by atoms with van der Waals surface area (Å²) in [7, 11) is 0. The van der Waals surface area contributed by atoms with Gasteiger partial charge in [0.05, 0.1) is 0 Å². The molecule has 0 aromatic rings. The number of nitrogens with two attached hydrogens (primary N) is 1. The van der Waals surface area contributed by atoms with E-state index in [1.807, 2.05) is 0 Å². The molecule has 0 bridgehead atoms. The molecule has 1 unspecified atom stereocenters. The minimum atomic E-state index is 0.394. The van der Waals surface area contributed by atoms with E-state index in [1.54, 1.807) is 0 Å². The van der Waals surface area contributed by atoms with Gasteiger partial charge in [0.2, 0.25) is 0 Å². The van der Waals surface area contributed by atoms with Gasteiger partial charge in [-0.25, -0.2) is 0 Å². The fraction of sp³-hybridized carbons (Fsp3) is 1.00. The Bertz CT molecular complexity index is 189. The van der Waals surface area contributed by atoms with Gasteiger partial charge in [0.25, 0.3) is 0 Å². The molecule has 17 heavy (non-hydrogen) atoms. The van der Waals surface area contributed by atoms with Crippen molar-refractivity contribution in [3.8, 4) is 0 Å². The number of hydrogen-bond donors (Lipinski definition) is 1. The molecule has 2 heteroatoms. The van der Waals surface area contributed by atoms with E-state index in [0.29, 0.717) is 11.5 Å². The second-order valence-corrected chi connectivity index (χ2v) is 5.91. The average Bonchev–Trinajstić information content (AvgIpc) is 2.38. The molecule has 0 spiro atoms. The highest BCUT2D eigenvalue weighted by Crippen LogP contribution is 2.37. The summed E-state index contributed by atoms with van der Waals surface area (Å²) in [4.78, 5) is 2.59. The van der Waals surface area contributed by atoms with Crippen LogP contribution in [0.2, 0.25) is 0 Å². The molecule has 1 atom stereocenters. The van der Waals surface area contributed by atoms with Crippen molar-refractivity contribution in [1.29, 1.82) is 0 Å². The predicted molar refractivity (Wildman–Crippen MR) is 76.2 cm³/mol. The lowest BCUT2D eigenvalue weighted by atomic mass is 9.74. The van der Waals surface area contributed by atoms with E-state index < -0.39 is 0 Å². The van der Waals surface area contributed by atoms with Gasteiger partial charge in [-0.1, -0.05) is 46.5 Å². The van der Waals surface area contributed by atoms with E-state index in [4.69, 9.17) is 5.73 Å². The Labute approximate surface area is 108 Å². The monoisotopic (exact) mass is 240 g/mol. The Morgan fingerprint density at radius 2 is 1.71 bits per heavy atom. The van der Waals surface area contributed by atoms with Crippen LogP contribution < -0.4 is 5.73 Å². The van der Waals surface area contributed by atoms with Crippen molar-refractivity contribution in [3.63, 3.8) is 0 Å². The number of unbranched alkanes of at least 4 members (excludes halogenated alkanes) is 1. The Morgan fingerprint density at radius 1 is 1.12 bits per heavy atom. The Kier molecular flexibility index (Phi) is 6.50. The molecular weight excluding hydrogens is 208 g/mol. The third-order valence-electron chi connectivity index (χ3n) is 4.84. The first-order valence-corrected chi connectivity index (χ1v) is 7.63. The van der Waals surface area contributed by atoms with Gasteiger partial charge in [-0.15, -0.1) is 0 Å². The maximum atomic E-state index is 6.18. The summed E-state index contributed by atoms with van der Waals surface area (Å²) in [6.45, 7) is 10.6. The maximum Gasteiger partial charge on any atom is 0.0167 e. The summed E-state index contributed by atoms with van der Waals surface area (Å²) in [5.41, 5.74) is 6.82. The van der Waals surface area contributed by atoms with E-state index in [1.165, 1.54) is 58.0 Å². The normalized spacial score (nSPS) is 22.6. The van der Waals surface area contributed by atoms with Crippen molar-refractivity contribution in [2.24, 2.45) is 11.1 Å². The fourth-order valence-corrected chi connectivity index (χ4v) is 3.06. The fourth-order valence-electron chi connectivity index (χ4n) is 3.06. The molecule has 102 valence electrons. The lowest BCUT2D eigenvalue weighted by Crippen LogP contribution is -2.44. The highest BCUT2D eigenvalue weighted by atomic mass is 15.1. The maximum absolute atomic E-state index is 6.18. The molecule has 1 fully saturated rings. The number of nitrogens with zero attached hydrogens (tertiary/aromatic N) is 1. The molecule has 2 nitrogen and oxygen atoms in total. The molecule has 0 aliphatic carbocycles. The van der Waals surface area contributed by atoms with Crippen LogP contribution in [0.4, 0.5) is 0 Å². The van der Waals surface area contributed by atoms with Crippen LogP contribution in [0.15, 0.2) is 0 Å². The molecule has 0 aromatic heterocycles. The molecule has 0 radical (unpaired) electrons. The minimum Gasteiger partial charge on any atom is -0.327 e. The van der Waals surface area contributed by atoms with Crippen LogP contribution in [0.1, 0.15) is 65.7 Å². The van der Waals surface area contributed by atoms with E-state index in [-0.39, 0.29) is 0 Å². The van der Waals surface area contributed by atoms with Crippen LogP contribution in [0.25, 0.3) is 0 Å². The highest BCUT2D eigenvalue weighted by Gasteiger charge is 2.31. The molecule has 0 aromatic carbocycles. The Balaban J connectivity index is 2.27. The highest BCUT2D eigenvalue weighted by molar-refractivity contribution is 4.85. The van der Waals surface area contributed by atoms with Gasteiger partial charge in [0, 0.05) is 12.6 Å². The summed E-state index contributed by atoms with van der Waals surface area (Å²) >= 11 is 0. The predicted octanol–water partition coefficient (Wildman–Crippen LogP) is 3.41. The summed E-state index contributed by atoms with van der Waals surface area (Å²) < 4.78 is 0. The SMILES string of the molecule is CCCCC(N)CN1CCC(CC)(CC)CC1. The summed E-state index contributed by atoms with van der Waals surface area (Å²) in [5.74, 6) is 0. The summed E-state index contributed by atoms with van der Waals surface area (Å²) in [6.07, 6.45) is 9.19. The molecule has 0 saturated carbocycles. The van der Waals surface area contributed by atoms with Crippen molar-refractivity contribution >= 4 is 0 Å². The van der Waals surface area contributed by atoms with Crippen LogP contribution in [-0.4, -0.2) is 30.6 Å². The standard InChI is InChI=1S/C15H32N2/c1-4-7-8-14(16)13-17-11-9-15(5-2,6-3)10-12-17/h14H,4-13,16H2,1-3H3. The topological polar surface area (TPSA) is 29.3 Å². The van der Waals surface area contributed by atoms with Gasteiger partial charge in [0.1, 0.15) is 0 Å². The smallest absolute Gasteiger partial charge is 0.0167 e. The van der Waals surface area contributed by atoms with Crippen molar-refractivity contribution in [3.05, 3.63) is 0 Å². The zero-order chi connectivity index (χ0) is 12.7. The molecule has 1 rings (SSSR count). The molecule has 1 saturated heterocycles. The van der Waals surface area contributed by atoms with Crippen molar-refractivity contribution in [2.45, 2.75) is 71.8 Å². The minimum absolute atomic E-state index is 0.394. The van der Waals surface area contributed by atoms with E-state index in [0.717, 1.165) is 6.54 Å². The summed E-state index contributed by atoms with van der Waals surface area (Å²) in [6, 6.07) is 0.394. The molecule has 1 aliphatic rings. The van der Waals surface area contributed by atoms with E-state index >= 15 is 0 Å². The second kappa shape index (κ2) is 7.38. The molecular formula is C15H32N2. The zero-order valence-electron chi connectivity index (χ0n) is 12.2. The lowest BCUT2D eigenvalue weighted by Gasteiger charge is -2.41. The quantitative estimate of drug-likeness (QED) is 0.739. The molecule has 1 aliphatic heterocycles. The molecule has 1 heterocycles. The third-order valence-corrected chi connectivity index (χ3v) is 4.84. The number of likely N-dealkylation sites (tertiary alicyclic amines) is 1. The number of rotatable bonds is 7. The zero-order valence-corrected chi connectivity index (χ0v) is 12.2. The van der Waals surface area contributed by atoms with Crippen molar-refractivity contribution in [1.82, 2.24) is 4.90 Å². The van der Waals surface area contributed by atoms with E-state index in [2.05, 4.69) is 25.7 Å². The first-order valence-electron chi connectivity index (χ1n) is 7.63. The third kappa shape index (κ3) is 4.59. The molecule has 2 N–H and O–H groups in total. The van der Waals surface area contributed by atoms with Crippen LogP contribution in [-0.2, 0) is 0 Å². The number of piperidine rings is 1. The Morgan fingerprint density at radius 3 is 2.18 bits per heavy atom. The first kappa shape index (κ1) is 15.0. The van der Waals surface area contributed by atoms with Crippen molar-refractivity contribution in [2.75, 3.05) is 19.6 Å². The van der Waals surface area contributed by atoms with Gasteiger partial charge in [-0.3, -0.25) is 0 Å². The van der Waals surface area contributed by atoms with Gasteiger partial charge in [-0.2, -0.15) is 0 Å². The van der Waals surface area contributed by atoms with Gasteiger partial charge < -0.3 is 10.6 Å². The molecule has 0 amide bonds. The Hall–Kier alpha value is -0.0800. The average molecular weight is 240 g/mol. The largest absolute Gasteiger partial charge is 0.327 e. The van der Waals surface area contributed by atoms with Crippen LogP contribution in [0, 0.1) is 5.41 Å². The van der Waals surface area contributed by atoms with Crippen LogP contribution in [0.3, 0.4) is 0 Å². The lowest BCUT2D eigenvalue weighted by molar-refractivity contribution is 0.0907. The van der Waals surface area contributed by atoms with Gasteiger partial charge >= 0.3 is 0 Å². The van der Waals surface area contributed by atoms with Crippen molar-refractivity contribution < 1.29 is 0 Å². The van der Waals surface area contributed by atoms with Crippen LogP contribution in [0.5, 0.6) is 0 Å². The van der Waals surface area contributed by atoms with E-state index in [9.17, 15) is 0 Å². The van der Waals surface area contributed by atoms with Crippen LogP contribution >= 0.6 is 0 Å². The van der Waals surface area contributed by atoms with Gasteiger partial charge in [-0.05, 0) is 37.8 Å². The summed E-state index contributed by atoms with van der Waals surface area (Å²) in [5, 5.41) is 0. The van der Waals surface area contributed by atoms with Gasteiger partial charge in [0.15, 0.2) is 0 Å².